The molecule has 160 valence electrons. The van der Waals surface area contributed by atoms with E-state index in [2.05, 4.69) is 6.58 Å². The molecule has 2 heterocycles. The van der Waals surface area contributed by atoms with Crippen molar-refractivity contribution in [3.63, 3.8) is 0 Å². The topological polar surface area (TPSA) is 99.4 Å². The minimum atomic E-state index is -0.0660. The smallest absolute Gasteiger partial charge is 0.246 e. The van der Waals surface area contributed by atoms with E-state index >= 15 is 0 Å². The standard InChI is InChI=1S/C24H27N5O2/c1-2-22(30)28-14-6-7-18(16-28)29-24(26)21(15-25)23(27-29)17-10-12-20(13-11-17)31-19-8-4-3-5-9-19/h2-5,8-13,18H,1,6-7,14-16,25-26H2. The van der Waals surface area contributed by atoms with Gasteiger partial charge in [-0.2, -0.15) is 5.10 Å². The SMILES string of the molecule is C=CC(=O)N1CCCC(n2nc(-c3ccc(Oc4ccccc4)cc3)c(CN)c2N)C1. The van der Waals surface area contributed by atoms with E-state index in [9.17, 15) is 4.79 Å². The van der Waals surface area contributed by atoms with Crippen LogP contribution < -0.4 is 16.2 Å². The second-order valence-electron chi connectivity index (χ2n) is 7.59. The number of piperidine rings is 1. The fraction of sp³-hybridized carbons (Fsp3) is 0.250. The number of carbonyl (C=O) groups is 1. The van der Waals surface area contributed by atoms with Crippen molar-refractivity contribution >= 4 is 11.7 Å². The number of anilines is 1. The van der Waals surface area contributed by atoms with Gasteiger partial charge in [-0.3, -0.25) is 4.79 Å². The first kappa shape index (κ1) is 20.7. The van der Waals surface area contributed by atoms with Gasteiger partial charge >= 0.3 is 0 Å². The molecule has 1 saturated heterocycles. The first-order valence-electron chi connectivity index (χ1n) is 10.4. The van der Waals surface area contributed by atoms with Crippen LogP contribution in [0.4, 0.5) is 5.82 Å². The van der Waals surface area contributed by atoms with Crippen LogP contribution in [0.25, 0.3) is 11.3 Å². The molecule has 1 amide bonds. The summed E-state index contributed by atoms with van der Waals surface area (Å²) in [6.07, 6.45) is 3.15. The number of rotatable bonds is 6. The maximum Gasteiger partial charge on any atom is 0.246 e. The van der Waals surface area contributed by atoms with Gasteiger partial charge in [0, 0.05) is 30.8 Å². The third kappa shape index (κ3) is 4.32. The number of likely N-dealkylation sites (tertiary alicyclic amines) is 1. The number of nitrogens with two attached hydrogens (primary N) is 2. The Balaban J connectivity index is 1.59. The number of carbonyl (C=O) groups excluding carboxylic acids is 1. The van der Waals surface area contributed by atoms with E-state index in [1.54, 1.807) is 4.90 Å². The highest BCUT2D eigenvalue weighted by Gasteiger charge is 2.27. The third-order valence-electron chi connectivity index (χ3n) is 5.59. The highest BCUT2D eigenvalue weighted by molar-refractivity contribution is 5.87. The Labute approximate surface area is 181 Å². The molecule has 0 saturated carbocycles. The van der Waals surface area contributed by atoms with Gasteiger partial charge in [-0.1, -0.05) is 24.8 Å². The molecule has 1 unspecified atom stereocenters. The fourth-order valence-corrected chi connectivity index (χ4v) is 3.98. The number of amides is 1. The molecule has 4 N–H and O–H groups in total. The Morgan fingerprint density at radius 1 is 1.16 bits per heavy atom. The van der Waals surface area contributed by atoms with Crippen molar-refractivity contribution in [1.82, 2.24) is 14.7 Å². The molecule has 31 heavy (non-hydrogen) atoms. The van der Waals surface area contributed by atoms with Crippen LogP contribution in [-0.2, 0) is 11.3 Å². The van der Waals surface area contributed by atoms with E-state index in [4.69, 9.17) is 21.3 Å². The molecule has 3 aromatic rings. The summed E-state index contributed by atoms with van der Waals surface area (Å²) in [7, 11) is 0. The van der Waals surface area contributed by atoms with E-state index in [-0.39, 0.29) is 18.5 Å². The van der Waals surface area contributed by atoms with Crippen molar-refractivity contribution in [2.24, 2.45) is 5.73 Å². The second-order valence-corrected chi connectivity index (χ2v) is 7.59. The van der Waals surface area contributed by atoms with Gasteiger partial charge in [0.25, 0.3) is 0 Å². The van der Waals surface area contributed by atoms with E-state index in [0.29, 0.717) is 12.4 Å². The first-order valence-corrected chi connectivity index (χ1v) is 10.4. The molecule has 1 atom stereocenters. The molecule has 1 aliphatic rings. The monoisotopic (exact) mass is 417 g/mol. The highest BCUT2D eigenvalue weighted by atomic mass is 16.5. The number of benzene rings is 2. The number of hydrogen-bond acceptors (Lipinski definition) is 5. The molecule has 7 heteroatoms. The maximum atomic E-state index is 12.1. The summed E-state index contributed by atoms with van der Waals surface area (Å²) in [5.74, 6) is 2.01. The summed E-state index contributed by atoms with van der Waals surface area (Å²) >= 11 is 0. The van der Waals surface area contributed by atoms with Crippen molar-refractivity contribution < 1.29 is 9.53 Å². The van der Waals surface area contributed by atoms with Crippen molar-refractivity contribution in [2.75, 3.05) is 18.8 Å². The molecule has 0 bridgehead atoms. The number of hydrogen-bond donors (Lipinski definition) is 2. The number of ether oxygens (including phenoxy) is 1. The molecular formula is C24H27N5O2. The lowest BCUT2D eigenvalue weighted by molar-refractivity contribution is -0.127. The van der Waals surface area contributed by atoms with E-state index in [1.807, 2.05) is 59.3 Å². The predicted octanol–water partition coefficient (Wildman–Crippen LogP) is 3.73. The number of para-hydroxylation sites is 1. The average molecular weight is 418 g/mol. The molecule has 1 aliphatic heterocycles. The highest BCUT2D eigenvalue weighted by Crippen LogP contribution is 2.33. The summed E-state index contributed by atoms with van der Waals surface area (Å²) in [6, 6.07) is 17.4. The zero-order valence-corrected chi connectivity index (χ0v) is 17.4. The zero-order valence-electron chi connectivity index (χ0n) is 17.4. The molecule has 0 radical (unpaired) electrons. The molecular weight excluding hydrogens is 390 g/mol. The predicted molar refractivity (Wildman–Crippen MR) is 122 cm³/mol. The van der Waals surface area contributed by atoms with Gasteiger partial charge in [-0.25, -0.2) is 4.68 Å². The minimum Gasteiger partial charge on any atom is -0.457 e. The largest absolute Gasteiger partial charge is 0.457 e. The van der Waals surface area contributed by atoms with Crippen LogP contribution in [0, 0.1) is 0 Å². The molecule has 7 nitrogen and oxygen atoms in total. The summed E-state index contributed by atoms with van der Waals surface area (Å²) in [5.41, 5.74) is 15.0. The summed E-state index contributed by atoms with van der Waals surface area (Å²) in [4.78, 5) is 13.8. The van der Waals surface area contributed by atoms with Gasteiger partial charge < -0.3 is 21.1 Å². The summed E-state index contributed by atoms with van der Waals surface area (Å²) < 4.78 is 7.70. The first-order chi connectivity index (χ1) is 15.1. The summed E-state index contributed by atoms with van der Waals surface area (Å²) in [6.45, 7) is 5.16. The van der Waals surface area contributed by atoms with E-state index < -0.39 is 0 Å². The third-order valence-corrected chi connectivity index (χ3v) is 5.59. The van der Waals surface area contributed by atoms with Crippen LogP contribution in [0.15, 0.2) is 67.3 Å². The van der Waals surface area contributed by atoms with Gasteiger partial charge in [0.1, 0.15) is 17.3 Å². The van der Waals surface area contributed by atoms with E-state index in [0.717, 1.165) is 47.7 Å². The zero-order chi connectivity index (χ0) is 21.8. The fourth-order valence-electron chi connectivity index (χ4n) is 3.98. The molecule has 1 fully saturated rings. The normalized spacial score (nSPS) is 16.2. The van der Waals surface area contributed by atoms with Crippen LogP contribution in [0.1, 0.15) is 24.4 Å². The average Bonchev–Trinajstić information content (AvgIpc) is 3.16. The Kier molecular flexibility index (Phi) is 6.04. The Morgan fingerprint density at radius 3 is 2.55 bits per heavy atom. The maximum absolute atomic E-state index is 12.1. The molecule has 2 aromatic carbocycles. The molecule has 1 aromatic heterocycles. The van der Waals surface area contributed by atoms with Crippen molar-refractivity contribution in [2.45, 2.75) is 25.4 Å². The number of nitrogen functional groups attached to an aromatic ring is 1. The molecule has 0 aliphatic carbocycles. The molecule has 4 rings (SSSR count). The second kappa shape index (κ2) is 9.06. The number of nitrogens with zero attached hydrogens (tertiary/aromatic N) is 3. The summed E-state index contributed by atoms with van der Waals surface area (Å²) in [5, 5.41) is 4.81. The minimum absolute atomic E-state index is 0.0115. The van der Waals surface area contributed by atoms with Crippen LogP contribution in [0.2, 0.25) is 0 Å². The lowest BCUT2D eigenvalue weighted by Crippen LogP contribution is -2.40. The Hall–Kier alpha value is -3.58. The lowest BCUT2D eigenvalue weighted by Gasteiger charge is -2.32. The van der Waals surface area contributed by atoms with Crippen LogP contribution in [-0.4, -0.2) is 33.7 Å². The van der Waals surface area contributed by atoms with Gasteiger partial charge in [-0.15, -0.1) is 0 Å². The van der Waals surface area contributed by atoms with Gasteiger partial charge in [0.15, 0.2) is 0 Å². The van der Waals surface area contributed by atoms with Crippen LogP contribution in [0.5, 0.6) is 11.5 Å². The van der Waals surface area contributed by atoms with E-state index in [1.165, 1.54) is 6.08 Å². The van der Waals surface area contributed by atoms with Crippen molar-refractivity contribution in [3.8, 4) is 22.8 Å². The molecule has 0 spiro atoms. The quantitative estimate of drug-likeness (QED) is 0.595. The van der Waals surface area contributed by atoms with Gasteiger partial charge in [-0.05, 0) is 55.3 Å². The van der Waals surface area contributed by atoms with Gasteiger partial charge in [0.2, 0.25) is 5.91 Å². The van der Waals surface area contributed by atoms with Gasteiger partial charge in [0.05, 0.1) is 11.7 Å². The lowest BCUT2D eigenvalue weighted by atomic mass is 10.1. The van der Waals surface area contributed by atoms with Crippen LogP contribution >= 0.6 is 0 Å². The number of aromatic nitrogens is 2. The van der Waals surface area contributed by atoms with Crippen molar-refractivity contribution in [3.05, 3.63) is 72.8 Å². The van der Waals surface area contributed by atoms with Crippen molar-refractivity contribution in [1.29, 1.82) is 0 Å². The Bertz CT molecular complexity index is 1060. The Morgan fingerprint density at radius 2 is 1.87 bits per heavy atom. The van der Waals surface area contributed by atoms with Crippen LogP contribution in [0.3, 0.4) is 0 Å².